The summed E-state index contributed by atoms with van der Waals surface area (Å²) in [6, 6.07) is 9.05. The lowest BCUT2D eigenvalue weighted by Gasteiger charge is -2.38. The molecular weight excluding hydrogens is 338 g/mol. The highest BCUT2D eigenvalue weighted by molar-refractivity contribution is 5.28. The van der Waals surface area contributed by atoms with E-state index < -0.39 is 0 Å². The smallest absolute Gasteiger partial charge is 0.119 e. The molecule has 0 aromatic heterocycles. The van der Waals surface area contributed by atoms with Gasteiger partial charge < -0.3 is 14.8 Å². The third-order valence-electron chi connectivity index (χ3n) is 5.67. The molecule has 0 bridgehead atoms. The van der Waals surface area contributed by atoms with Gasteiger partial charge in [0.15, 0.2) is 0 Å². The van der Waals surface area contributed by atoms with Gasteiger partial charge >= 0.3 is 0 Å². The second-order valence-electron chi connectivity index (χ2n) is 8.86. The van der Waals surface area contributed by atoms with Gasteiger partial charge in [-0.05, 0) is 42.5 Å². The number of methoxy groups -OCH3 is 1. The molecule has 0 aliphatic carbocycles. The summed E-state index contributed by atoms with van der Waals surface area (Å²) in [6.45, 7) is 14.2. The van der Waals surface area contributed by atoms with E-state index in [9.17, 15) is 0 Å². The SMILES string of the molecule is COc1cccc(CN2CCCC(NCC(C)(C)CN3CCOCC3)C2)c1. The molecule has 152 valence electrons. The van der Waals surface area contributed by atoms with Crippen molar-refractivity contribution in [3.63, 3.8) is 0 Å². The van der Waals surface area contributed by atoms with Gasteiger partial charge in [-0.2, -0.15) is 0 Å². The standard InChI is InChI=1S/C22H37N3O2/c1-22(2,18-24-10-12-27-13-11-24)17-23-20-7-5-9-25(16-20)15-19-6-4-8-21(14-19)26-3/h4,6,8,14,20,23H,5,7,9-13,15-18H2,1-3H3. The van der Waals surface area contributed by atoms with Gasteiger partial charge in [0.2, 0.25) is 0 Å². The summed E-state index contributed by atoms with van der Waals surface area (Å²) in [5.41, 5.74) is 1.62. The number of morpholine rings is 1. The largest absolute Gasteiger partial charge is 0.497 e. The third-order valence-corrected chi connectivity index (χ3v) is 5.67. The van der Waals surface area contributed by atoms with Gasteiger partial charge in [-0.1, -0.05) is 26.0 Å². The van der Waals surface area contributed by atoms with Gasteiger partial charge in [0.1, 0.15) is 5.75 Å². The number of ether oxygens (including phenoxy) is 2. The Morgan fingerprint density at radius 1 is 1.19 bits per heavy atom. The van der Waals surface area contributed by atoms with Crippen LogP contribution in [0.3, 0.4) is 0 Å². The van der Waals surface area contributed by atoms with Crippen LogP contribution in [0.2, 0.25) is 0 Å². The molecule has 5 heteroatoms. The van der Waals surface area contributed by atoms with Crippen LogP contribution in [0.4, 0.5) is 0 Å². The molecule has 2 fully saturated rings. The number of nitrogens with zero attached hydrogens (tertiary/aromatic N) is 2. The Balaban J connectivity index is 1.44. The quantitative estimate of drug-likeness (QED) is 0.756. The summed E-state index contributed by atoms with van der Waals surface area (Å²) in [5.74, 6) is 0.948. The molecule has 1 atom stereocenters. The molecule has 1 aromatic rings. The van der Waals surface area contributed by atoms with Gasteiger partial charge in [-0.25, -0.2) is 0 Å². The van der Waals surface area contributed by atoms with Crippen molar-refractivity contribution in [3.8, 4) is 5.75 Å². The molecule has 2 aliphatic heterocycles. The molecule has 1 aromatic carbocycles. The van der Waals surface area contributed by atoms with E-state index in [0.29, 0.717) is 6.04 Å². The zero-order chi connectivity index (χ0) is 19.1. The van der Waals surface area contributed by atoms with Crippen molar-refractivity contribution in [2.45, 2.75) is 39.3 Å². The second-order valence-corrected chi connectivity index (χ2v) is 8.86. The molecule has 0 spiro atoms. The molecule has 3 rings (SSSR count). The zero-order valence-corrected chi connectivity index (χ0v) is 17.4. The molecular formula is C22H37N3O2. The van der Waals surface area contributed by atoms with Crippen molar-refractivity contribution in [2.24, 2.45) is 5.41 Å². The summed E-state index contributed by atoms with van der Waals surface area (Å²) >= 11 is 0. The molecule has 1 unspecified atom stereocenters. The molecule has 2 saturated heterocycles. The van der Waals surface area contributed by atoms with Crippen molar-refractivity contribution in [2.75, 3.05) is 59.6 Å². The summed E-state index contributed by atoms with van der Waals surface area (Å²) in [7, 11) is 1.73. The summed E-state index contributed by atoms with van der Waals surface area (Å²) in [6.07, 6.45) is 2.55. The highest BCUT2D eigenvalue weighted by Crippen LogP contribution is 2.20. The van der Waals surface area contributed by atoms with E-state index in [1.807, 2.05) is 6.07 Å². The van der Waals surface area contributed by atoms with Gasteiger partial charge in [0.25, 0.3) is 0 Å². The number of benzene rings is 1. The summed E-state index contributed by atoms with van der Waals surface area (Å²) in [5, 5.41) is 3.87. The molecule has 2 aliphatic rings. The topological polar surface area (TPSA) is 37.0 Å². The van der Waals surface area contributed by atoms with Gasteiger partial charge in [-0.15, -0.1) is 0 Å². The number of likely N-dealkylation sites (tertiary alicyclic amines) is 1. The van der Waals surface area contributed by atoms with E-state index in [1.54, 1.807) is 7.11 Å². The predicted molar refractivity (Wildman–Crippen MR) is 110 cm³/mol. The lowest BCUT2D eigenvalue weighted by atomic mass is 9.91. The van der Waals surface area contributed by atoms with E-state index >= 15 is 0 Å². The molecule has 0 saturated carbocycles. The van der Waals surface area contributed by atoms with Crippen molar-refractivity contribution in [3.05, 3.63) is 29.8 Å². The Morgan fingerprint density at radius 3 is 2.78 bits per heavy atom. The van der Waals surface area contributed by atoms with Crippen molar-refractivity contribution in [1.82, 2.24) is 15.1 Å². The second kappa shape index (κ2) is 9.87. The van der Waals surface area contributed by atoms with Crippen LogP contribution in [-0.2, 0) is 11.3 Å². The first-order valence-corrected chi connectivity index (χ1v) is 10.4. The first-order chi connectivity index (χ1) is 13.0. The lowest BCUT2D eigenvalue weighted by molar-refractivity contribution is 0.0204. The maximum Gasteiger partial charge on any atom is 0.119 e. The molecule has 0 amide bonds. The number of nitrogens with one attached hydrogen (secondary N) is 1. The average molecular weight is 376 g/mol. The van der Waals surface area contributed by atoms with Crippen LogP contribution in [-0.4, -0.2) is 75.4 Å². The van der Waals surface area contributed by atoms with E-state index in [-0.39, 0.29) is 5.41 Å². The number of hydrogen-bond acceptors (Lipinski definition) is 5. The fourth-order valence-corrected chi connectivity index (χ4v) is 4.24. The van der Waals surface area contributed by atoms with Gasteiger partial charge in [0, 0.05) is 45.3 Å². The minimum absolute atomic E-state index is 0.284. The highest BCUT2D eigenvalue weighted by atomic mass is 16.5. The van der Waals surface area contributed by atoms with Crippen molar-refractivity contribution >= 4 is 0 Å². The monoisotopic (exact) mass is 375 g/mol. The predicted octanol–water partition coefficient (Wildman–Crippen LogP) is 2.61. The Morgan fingerprint density at radius 2 is 2.00 bits per heavy atom. The Labute approximate surface area is 165 Å². The van der Waals surface area contributed by atoms with Crippen molar-refractivity contribution in [1.29, 1.82) is 0 Å². The normalized spacial score (nSPS) is 22.7. The van der Waals surface area contributed by atoms with E-state index in [4.69, 9.17) is 9.47 Å². The van der Waals surface area contributed by atoms with Gasteiger partial charge in [-0.3, -0.25) is 9.80 Å². The number of rotatable bonds is 8. The molecule has 2 heterocycles. The molecule has 1 N–H and O–H groups in total. The van der Waals surface area contributed by atoms with Crippen molar-refractivity contribution < 1.29 is 9.47 Å². The van der Waals surface area contributed by atoms with E-state index in [2.05, 4.69) is 47.2 Å². The third kappa shape index (κ3) is 6.75. The average Bonchev–Trinajstić information content (AvgIpc) is 2.67. The first-order valence-electron chi connectivity index (χ1n) is 10.4. The molecule has 27 heavy (non-hydrogen) atoms. The zero-order valence-electron chi connectivity index (χ0n) is 17.4. The summed E-state index contributed by atoms with van der Waals surface area (Å²) in [4.78, 5) is 5.12. The van der Waals surface area contributed by atoms with Crippen LogP contribution in [0, 0.1) is 5.41 Å². The minimum atomic E-state index is 0.284. The van der Waals surface area contributed by atoms with E-state index in [0.717, 1.165) is 58.2 Å². The number of hydrogen-bond donors (Lipinski definition) is 1. The fourth-order valence-electron chi connectivity index (χ4n) is 4.24. The highest BCUT2D eigenvalue weighted by Gasteiger charge is 2.26. The molecule has 5 nitrogen and oxygen atoms in total. The van der Waals surface area contributed by atoms with Crippen LogP contribution in [0.1, 0.15) is 32.3 Å². The van der Waals surface area contributed by atoms with Crippen LogP contribution in [0.25, 0.3) is 0 Å². The summed E-state index contributed by atoms with van der Waals surface area (Å²) < 4.78 is 10.8. The van der Waals surface area contributed by atoms with Crippen LogP contribution >= 0.6 is 0 Å². The first kappa shape index (κ1) is 20.6. The Hall–Kier alpha value is -1.14. The number of piperidine rings is 1. The Kier molecular flexibility index (Phi) is 7.53. The minimum Gasteiger partial charge on any atom is -0.497 e. The van der Waals surface area contributed by atoms with Crippen LogP contribution in [0.15, 0.2) is 24.3 Å². The lowest BCUT2D eigenvalue weighted by Crippen LogP contribution is -2.50. The van der Waals surface area contributed by atoms with Gasteiger partial charge in [0.05, 0.1) is 20.3 Å². The maximum atomic E-state index is 5.47. The van der Waals surface area contributed by atoms with Crippen LogP contribution < -0.4 is 10.1 Å². The Bertz CT molecular complexity index is 572. The molecule has 0 radical (unpaired) electrons. The fraction of sp³-hybridized carbons (Fsp3) is 0.727. The van der Waals surface area contributed by atoms with E-state index in [1.165, 1.54) is 24.9 Å². The maximum absolute atomic E-state index is 5.47. The van der Waals surface area contributed by atoms with Crippen LogP contribution in [0.5, 0.6) is 5.75 Å².